The van der Waals surface area contributed by atoms with E-state index in [0.717, 1.165) is 24.4 Å². The van der Waals surface area contributed by atoms with E-state index < -0.39 is 9.84 Å². The topological polar surface area (TPSA) is 37.4 Å². The fourth-order valence-electron chi connectivity index (χ4n) is 2.50. The Kier molecular flexibility index (Phi) is 4.87. The number of hydrogen-bond acceptors (Lipinski definition) is 3. The van der Waals surface area contributed by atoms with Gasteiger partial charge in [0.2, 0.25) is 0 Å². The molecule has 0 aliphatic carbocycles. The van der Waals surface area contributed by atoms with Crippen LogP contribution in [0, 0.1) is 0 Å². The first-order valence-electron chi connectivity index (χ1n) is 6.65. The van der Waals surface area contributed by atoms with Crippen molar-refractivity contribution in [3.63, 3.8) is 0 Å². The highest BCUT2D eigenvalue weighted by Gasteiger charge is 2.27. The molecule has 0 N–H and O–H groups in total. The van der Waals surface area contributed by atoms with Crippen LogP contribution in [0.25, 0.3) is 0 Å². The van der Waals surface area contributed by atoms with Crippen LogP contribution in [0.15, 0.2) is 24.3 Å². The highest BCUT2D eigenvalue weighted by molar-refractivity contribution is 7.91. The minimum absolute atomic E-state index is 0.143. The van der Waals surface area contributed by atoms with Crippen molar-refractivity contribution in [3.8, 4) is 0 Å². The fraction of sp³-hybridized carbons (Fsp3) is 0.571. The summed E-state index contributed by atoms with van der Waals surface area (Å²) in [5.41, 5.74) is 1.28. The molecule has 1 aliphatic rings. The molecule has 19 heavy (non-hydrogen) atoms. The van der Waals surface area contributed by atoms with Gasteiger partial charge in [0.25, 0.3) is 0 Å². The van der Waals surface area contributed by atoms with Crippen LogP contribution in [0.5, 0.6) is 0 Å². The Bertz CT molecular complexity index is 513. The van der Waals surface area contributed by atoms with E-state index in [0.29, 0.717) is 18.1 Å². The van der Waals surface area contributed by atoms with Gasteiger partial charge >= 0.3 is 0 Å². The summed E-state index contributed by atoms with van der Waals surface area (Å²) in [6.45, 7) is 3.63. The molecule has 1 aromatic carbocycles. The third-order valence-electron chi connectivity index (χ3n) is 3.63. The molecule has 0 aromatic heterocycles. The summed E-state index contributed by atoms with van der Waals surface area (Å²) in [7, 11) is -2.80. The molecule has 1 fully saturated rings. The molecule has 0 unspecified atom stereocenters. The number of hydrogen-bond donors (Lipinski definition) is 0. The largest absolute Gasteiger partial charge is 0.299 e. The van der Waals surface area contributed by atoms with Crippen LogP contribution in [0.1, 0.15) is 18.9 Å². The number of halogens is 1. The van der Waals surface area contributed by atoms with E-state index in [1.54, 1.807) is 0 Å². The van der Waals surface area contributed by atoms with Crippen molar-refractivity contribution >= 4 is 21.4 Å². The Morgan fingerprint density at radius 2 is 2.00 bits per heavy atom. The van der Waals surface area contributed by atoms with Crippen molar-refractivity contribution in [2.24, 2.45) is 0 Å². The Labute approximate surface area is 120 Å². The number of benzene rings is 1. The van der Waals surface area contributed by atoms with E-state index in [1.807, 2.05) is 31.2 Å². The maximum Gasteiger partial charge on any atom is 0.153 e. The average Bonchev–Trinajstić information content (AvgIpc) is 2.34. The zero-order valence-corrected chi connectivity index (χ0v) is 12.8. The van der Waals surface area contributed by atoms with Crippen LogP contribution in [0.4, 0.5) is 0 Å². The predicted octanol–water partition coefficient (Wildman–Crippen LogP) is 2.39. The summed E-state index contributed by atoms with van der Waals surface area (Å²) >= 11 is 5.85. The normalized spacial score (nSPS) is 23.4. The van der Waals surface area contributed by atoms with Crippen molar-refractivity contribution in [2.75, 3.05) is 24.6 Å². The lowest BCUT2D eigenvalue weighted by Crippen LogP contribution is -2.47. The molecule has 0 amide bonds. The molecule has 0 bridgehead atoms. The molecule has 3 nitrogen and oxygen atoms in total. The molecule has 5 heteroatoms. The van der Waals surface area contributed by atoms with Crippen molar-refractivity contribution in [1.29, 1.82) is 0 Å². The van der Waals surface area contributed by atoms with Gasteiger partial charge in [-0.2, -0.15) is 0 Å². The number of sulfone groups is 1. The summed E-state index contributed by atoms with van der Waals surface area (Å²) < 4.78 is 23.0. The minimum Gasteiger partial charge on any atom is -0.299 e. The van der Waals surface area contributed by atoms with E-state index in [-0.39, 0.29) is 6.04 Å². The molecule has 106 valence electrons. The molecule has 1 aliphatic heterocycles. The van der Waals surface area contributed by atoms with Crippen LogP contribution in [0.3, 0.4) is 0 Å². The van der Waals surface area contributed by atoms with Gasteiger partial charge in [0.05, 0.1) is 11.5 Å². The first-order chi connectivity index (χ1) is 8.96. The van der Waals surface area contributed by atoms with Crippen molar-refractivity contribution < 1.29 is 8.42 Å². The second-order valence-corrected chi connectivity index (χ2v) is 7.89. The Hall–Kier alpha value is -0.580. The molecule has 0 saturated carbocycles. The van der Waals surface area contributed by atoms with E-state index in [2.05, 4.69) is 4.90 Å². The predicted molar refractivity (Wildman–Crippen MR) is 79.5 cm³/mol. The third kappa shape index (κ3) is 4.48. The molecule has 0 spiro atoms. The lowest BCUT2D eigenvalue weighted by molar-refractivity contribution is 0.224. The molecule has 1 atom stereocenters. The third-order valence-corrected chi connectivity index (χ3v) is 5.68. The second-order valence-electron chi connectivity index (χ2n) is 5.23. The molecule has 1 aromatic rings. The summed E-state index contributed by atoms with van der Waals surface area (Å²) in [4.78, 5) is 2.27. The van der Waals surface area contributed by atoms with Gasteiger partial charge in [0, 0.05) is 17.6 Å². The summed E-state index contributed by atoms with van der Waals surface area (Å²) in [5, 5.41) is 0.763. The van der Waals surface area contributed by atoms with Crippen molar-refractivity contribution in [3.05, 3.63) is 34.9 Å². The average molecular weight is 302 g/mol. The van der Waals surface area contributed by atoms with Crippen LogP contribution in [0.2, 0.25) is 5.02 Å². The second kappa shape index (κ2) is 6.25. The maximum atomic E-state index is 11.5. The van der Waals surface area contributed by atoms with Crippen LogP contribution in [-0.2, 0) is 16.3 Å². The quantitative estimate of drug-likeness (QED) is 0.857. The van der Waals surface area contributed by atoms with Gasteiger partial charge in [-0.1, -0.05) is 23.7 Å². The number of aryl methyl sites for hydroxylation is 1. The van der Waals surface area contributed by atoms with Gasteiger partial charge in [-0.25, -0.2) is 8.42 Å². The lowest BCUT2D eigenvalue weighted by Gasteiger charge is -2.33. The van der Waals surface area contributed by atoms with Crippen LogP contribution < -0.4 is 0 Å². The van der Waals surface area contributed by atoms with E-state index in [4.69, 9.17) is 11.6 Å². The summed E-state index contributed by atoms with van der Waals surface area (Å²) in [6.07, 6.45) is 2.05. The first kappa shape index (κ1) is 14.8. The van der Waals surface area contributed by atoms with Crippen LogP contribution >= 0.6 is 11.6 Å². The molecular formula is C14H20ClNO2S. The van der Waals surface area contributed by atoms with E-state index >= 15 is 0 Å². The van der Waals surface area contributed by atoms with Gasteiger partial charge < -0.3 is 0 Å². The minimum atomic E-state index is -2.80. The lowest BCUT2D eigenvalue weighted by atomic mass is 10.1. The number of nitrogens with zero attached hydrogens (tertiary/aromatic N) is 1. The van der Waals surface area contributed by atoms with Gasteiger partial charge in [-0.05, 0) is 44.0 Å². The van der Waals surface area contributed by atoms with Gasteiger partial charge in [-0.3, -0.25) is 4.90 Å². The van der Waals surface area contributed by atoms with E-state index in [9.17, 15) is 8.42 Å². The summed E-state index contributed by atoms with van der Waals surface area (Å²) in [5.74, 6) is 0.603. The first-order valence-corrected chi connectivity index (χ1v) is 8.85. The SMILES string of the molecule is C[C@@H]1CS(=O)(=O)CCN1CCCc1ccc(Cl)cc1. The molecule has 1 saturated heterocycles. The Balaban J connectivity index is 1.78. The maximum absolute atomic E-state index is 11.5. The molecule has 0 radical (unpaired) electrons. The fourth-order valence-corrected chi connectivity index (χ4v) is 4.25. The van der Waals surface area contributed by atoms with Gasteiger partial charge in [0.1, 0.15) is 0 Å². The van der Waals surface area contributed by atoms with E-state index in [1.165, 1.54) is 5.56 Å². The number of rotatable bonds is 4. The van der Waals surface area contributed by atoms with Gasteiger partial charge in [-0.15, -0.1) is 0 Å². The van der Waals surface area contributed by atoms with Crippen molar-refractivity contribution in [1.82, 2.24) is 4.90 Å². The standard InChI is InChI=1S/C14H20ClNO2S/c1-12-11-19(17,18)10-9-16(12)8-2-3-13-4-6-14(15)7-5-13/h4-7,12H,2-3,8-11H2,1H3/t12-/m1/s1. The molecule has 1 heterocycles. The molecular weight excluding hydrogens is 282 g/mol. The van der Waals surface area contributed by atoms with Gasteiger partial charge in [0.15, 0.2) is 9.84 Å². The zero-order valence-electron chi connectivity index (χ0n) is 11.2. The highest BCUT2D eigenvalue weighted by atomic mass is 35.5. The highest BCUT2D eigenvalue weighted by Crippen LogP contribution is 2.14. The Morgan fingerprint density at radius 3 is 2.63 bits per heavy atom. The monoisotopic (exact) mass is 301 g/mol. The van der Waals surface area contributed by atoms with Crippen molar-refractivity contribution in [2.45, 2.75) is 25.8 Å². The smallest absolute Gasteiger partial charge is 0.153 e. The summed E-state index contributed by atoms with van der Waals surface area (Å²) in [6, 6.07) is 8.06. The Morgan fingerprint density at radius 1 is 1.32 bits per heavy atom. The van der Waals surface area contributed by atoms with Crippen LogP contribution in [-0.4, -0.2) is 44.0 Å². The zero-order chi connectivity index (χ0) is 13.9. The molecule has 2 rings (SSSR count).